The maximum absolute atomic E-state index is 13.6. The van der Waals surface area contributed by atoms with Crippen LogP contribution in [0.25, 0.3) is 0 Å². The number of hydrogen-bond donors (Lipinski definition) is 2. The number of carbonyl (C=O) groups is 7. The van der Waals surface area contributed by atoms with Gasteiger partial charge in [0.25, 0.3) is 0 Å². The molecule has 21 rings (SSSR count). The molecule has 9 saturated carbocycles. The maximum Gasteiger partial charge on any atom is 0.457 e. The van der Waals surface area contributed by atoms with E-state index in [0.717, 1.165) is 90.0 Å². The Morgan fingerprint density at radius 2 is 0.799 bits per heavy atom. The number of hydrogen-bond acceptors (Lipinski definition) is 25. The highest BCUT2D eigenvalue weighted by Gasteiger charge is 2.70. The van der Waals surface area contributed by atoms with Crippen LogP contribution in [0.5, 0.6) is 17.2 Å². The Kier molecular flexibility index (Phi) is 28.3. The summed E-state index contributed by atoms with van der Waals surface area (Å²) >= 11 is 0. The Balaban J connectivity index is 0.000000156. The number of benzene rings is 4. The number of nitrogens with zero attached hydrogens (tertiary/aromatic N) is 8. The summed E-state index contributed by atoms with van der Waals surface area (Å²) in [5.74, 6) is 2.17. The first-order valence-corrected chi connectivity index (χ1v) is 48.0. The van der Waals surface area contributed by atoms with E-state index in [9.17, 15) is 33.6 Å². The van der Waals surface area contributed by atoms with Gasteiger partial charge >= 0.3 is 51.2 Å². The molecule has 12 atom stereocenters. The van der Waals surface area contributed by atoms with Gasteiger partial charge in [-0.1, -0.05) is 101 Å². The normalized spacial score (nSPS) is 27.0. The number of carbonyl (C=O) groups excluding carboxylic acids is 6. The van der Waals surface area contributed by atoms with E-state index in [1.165, 1.54) is 34.8 Å². The number of esters is 4. The van der Waals surface area contributed by atoms with E-state index in [1.807, 2.05) is 144 Å². The number of aryl methyl sites for hydroxylation is 3. The summed E-state index contributed by atoms with van der Waals surface area (Å²) in [6.07, 6.45) is 14.2. The highest BCUT2D eigenvalue weighted by atomic mass is 35.5. The summed E-state index contributed by atoms with van der Waals surface area (Å²) in [5.41, 5.74) is 7.00. The van der Waals surface area contributed by atoms with Crippen molar-refractivity contribution in [1.82, 2.24) is 45.1 Å². The van der Waals surface area contributed by atoms with Crippen LogP contribution in [0.3, 0.4) is 0 Å². The number of ether oxygens (including phenoxy) is 7. The zero-order valence-corrected chi connectivity index (χ0v) is 82.8. The van der Waals surface area contributed by atoms with E-state index in [1.54, 1.807) is 16.0 Å². The van der Waals surface area contributed by atoms with Crippen molar-refractivity contribution in [2.75, 3.05) is 39.3 Å². The van der Waals surface area contributed by atoms with Crippen LogP contribution in [0.15, 0.2) is 79.1 Å². The molecule has 0 unspecified atom stereocenters. The van der Waals surface area contributed by atoms with Crippen molar-refractivity contribution in [3.63, 3.8) is 0 Å². The summed E-state index contributed by atoms with van der Waals surface area (Å²) in [5, 5.41) is 27.8. The van der Waals surface area contributed by atoms with E-state index in [0.29, 0.717) is 132 Å². The number of rotatable bonds is 28. The molecule has 6 bridgehead atoms. The summed E-state index contributed by atoms with van der Waals surface area (Å²) in [6.45, 7) is 46.2. The Labute approximate surface area is 795 Å². The predicted molar refractivity (Wildman–Crippen MR) is 503 cm³/mol. The van der Waals surface area contributed by atoms with Crippen molar-refractivity contribution in [1.29, 1.82) is 0 Å². The quantitative estimate of drug-likeness (QED) is 0.0262. The minimum Gasteiger partial charge on any atom is -0.487 e. The number of aliphatic carboxylic acids is 1. The topological polar surface area (TPSA) is 340 Å². The number of carboxylic acids is 1. The lowest BCUT2D eigenvalue weighted by molar-refractivity contribution is -0.199. The van der Waals surface area contributed by atoms with Crippen LogP contribution in [0, 0.1) is 72.5 Å². The predicted octanol–water partition coefficient (Wildman–Crippen LogP) is 14.1. The largest absolute Gasteiger partial charge is 0.487 e. The molecule has 9 aliphatic carbocycles. The number of likely N-dealkylation sites (tertiary alicyclic amines) is 2. The minimum absolute atomic E-state index is 0. The molecule has 8 heterocycles. The van der Waals surface area contributed by atoms with Gasteiger partial charge in [0.2, 0.25) is 11.8 Å². The SMILES string of the molecule is Cc1c(CCB2O[C@@H]3C[C@@H]4C[C@@H](C4(C)C)[C@]3(C)O2)ccc(OC2CN(C(=O)Cc3cn(CC(=O)O)nn3)C2)c1C(=O)OC(C)(C)C.Cc1c(CCB2O[C@@H]3C[C@@H]4C[C@@H](C4(C)C)[C@]3(C)O2)ccc(OC2CN(C(=O)Cc3cn(CC(=O)OCc4ccccc4)nn3)C2)c1C(=O)OC(C)(C)C.Cc1c(CCB2O[C@@H]3C[C@@H]4C[C@@H](C4(C)C)[C@]3(C)O2)ccc(OC2CNC2)c1C(=O)OC(C)(C)C.Cl. The lowest BCUT2D eigenvalue weighted by Gasteiger charge is -2.64. The van der Waals surface area contributed by atoms with Crippen molar-refractivity contribution in [2.45, 2.75) is 325 Å². The lowest BCUT2D eigenvalue weighted by Crippen LogP contribution is -2.65. The first-order chi connectivity index (χ1) is 62.5. The van der Waals surface area contributed by atoms with Gasteiger partial charge in [-0.15, -0.1) is 22.6 Å². The molecule has 15 aliphatic rings. The summed E-state index contributed by atoms with van der Waals surface area (Å²) in [4.78, 5) is 92.5. The summed E-state index contributed by atoms with van der Waals surface area (Å²) in [6, 6.07) is 21.1. The standard InChI is InChI=1S/C40H51BN4O8.C33H45BN4O8.C27H40BNO5.ClH/c1-25-27(15-16-41-52-33-18-28-17-32(39(28,5)6)40(33,7)53-41)13-14-31(36(25)37(48)51-38(2,3)4)50-30-21-44(22-30)34(46)19-29-20-45(43-42-29)23-35(47)49-24-26-11-9-8-10-12-26;1-19-20(10-11-34-45-26-13-21-12-25(32(21,5)6)33(26,7)46-34)8-9-24(29(19)30(42)44-31(2,3)4)43-23-16-37(17-23)27(39)14-22-15-38(36-35-22)18-28(40)41;1-16-17(8-9-20(31-19-14-29-15-19)23(16)24(30)32-25(2,3)4)10-11-28-33-22-13-18-12-21(26(18,5)6)27(22,7)34-28;/h8-14,20,28,30,32-33H,15-19,21-24H2,1-7H3;8-9,15,21,23,25-26H,10-14,16-18H2,1-7H3,(H,40,41);8-9,18-19,21-22,29H,10-15H2,1-7H3;1H/t28-,32-,33+,40-;21-,25-,26+,33-;18-,21-,22+,27-;/m000./s1. The number of carboxylic acid groups (broad SMARTS) is 1. The second kappa shape index (κ2) is 38.1. The number of nitrogens with one attached hydrogen (secondary N) is 1. The van der Waals surface area contributed by atoms with Gasteiger partial charge in [0, 0.05) is 25.5 Å². The minimum atomic E-state index is -1.04. The number of halogens is 1. The van der Waals surface area contributed by atoms with E-state index >= 15 is 0 Å². The molecule has 6 aromatic rings. The van der Waals surface area contributed by atoms with Gasteiger partial charge in [-0.25, -0.2) is 23.7 Å². The Bertz CT molecular complexity index is 5370. The first kappa shape index (κ1) is 99.5. The Morgan fingerprint density at radius 3 is 1.11 bits per heavy atom. The van der Waals surface area contributed by atoms with E-state index in [4.69, 9.17) is 66.2 Å². The summed E-state index contributed by atoms with van der Waals surface area (Å²) in [7, 11) is -0.776. The van der Waals surface area contributed by atoms with Gasteiger partial charge in [-0.3, -0.25) is 19.2 Å². The number of amides is 2. The molecule has 2 N–H and O–H groups in total. The highest BCUT2D eigenvalue weighted by Crippen LogP contribution is 2.69. The number of aromatic nitrogens is 6. The molecule has 4 aromatic carbocycles. The van der Waals surface area contributed by atoms with Crippen LogP contribution >= 0.6 is 12.4 Å². The molecule has 6 saturated heterocycles. The first-order valence-electron chi connectivity index (χ1n) is 48.0. The van der Waals surface area contributed by atoms with Crippen LogP contribution in [-0.2, 0) is 118 Å². The van der Waals surface area contributed by atoms with Gasteiger partial charge in [0.05, 0.1) is 85.5 Å². The van der Waals surface area contributed by atoms with Gasteiger partial charge < -0.3 is 81.3 Å². The zero-order valence-electron chi connectivity index (χ0n) is 82.0. The zero-order chi connectivity index (χ0) is 95.4. The molecule has 34 heteroatoms. The third-order valence-corrected chi connectivity index (χ3v) is 31.1. The third kappa shape index (κ3) is 20.9. The summed E-state index contributed by atoms with van der Waals surface area (Å²) < 4.78 is 83.2. The van der Waals surface area contributed by atoms with Crippen LogP contribution in [0.2, 0.25) is 19.0 Å². The molecule has 134 heavy (non-hydrogen) atoms. The third-order valence-electron chi connectivity index (χ3n) is 31.1. The molecule has 724 valence electrons. The van der Waals surface area contributed by atoms with Crippen LogP contribution < -0.4 is 19.5 Å². The Morgan fingerprint density at radius 1 is 0.463 bits per heavy atom. The smallest absolute Gasteiger partial charge is 0.457 e. The molecule has 0 spiro atoms. The molecule has 6 aliphatic heterocycles. The molecular weight excluding hydrogens is 1730 g/mol. The van der Waals surface area contributed by atoms with E-state index < -0.39 is 40.7 Å². The molecule has 2 aromatic heterocycles. The fourth-order valence-corrected chi connectivity index (χ4v) is 23.0. The molecule has 30 nitrogen and oxygen atoms in total. The second-order valence-electron chi connectivity index (χ2n) is 44.7. The lowest BCUT2D eigenvalue weighted by atomic mass is 9.43. The van der Waals surface area contributed by atoms with Crippen molar-refractivity contribution < 1.29 is 99.8 Å². The van der Waals surface area contributed by atoms with Gasteiger partial charge in [-0.2, -0.15) is 0 Å². The van der Waals surface area contributed by atoms with Crippen molar-refractivity contribution in [3.05, 3.63) is 146 Å². The van der Waals surface area contributed by atoms with Crippen LogP contribution in [0.1, 0.15) is 245 Å². The molecular formula is C100H137B3ClN9O21. The highest BCUT2D eigenvalue weighted by molar-refractivity contribution is 6.46. The second-order valence-corrected chi connectivity index (χ2v) is 44.7. The van der Waals surface area contributed by atoms with Crippen LogP contribution in [-0.4, -0.2) is 217 Å². The Hall–Kier alpha value is -8.95. The maximum atomic E-state index is 13.6. The van der Waals surface area contributed by atoms with E-state index in [2.05, 4.69) is 94.3 Å². The fraction of sp³-hybridized carbons (Fsp3) is 0.650. The van der Waals surface area contributed by atoms with Crippen LogP contribution in [0.4, 0.5) is 0 Å². The van der Waals surface area contributed by atoms with E-state index in [-0.39, 0.29) is 148 Å². The average Bonchev–Trinajstić information content (AvgIpc) is 1.46. The van der Waals surface area contributed by atoms with Crippen molar-refractivity contribution in [2.24, 2.45) is 51.8 Å². The van der Waals surface area contributed by atoms with Gasteiger partial charge in [-0.05, 0) is 289 Å². The monoisotopic (exact) mass is 1870 g/mol. The average molecular weight is 1870 g/mol. The van der Waals surface area contributed by atoms with Crippen molar-refractivity contribution >= 4 is 75.4 Å². The van der Waals surface area contributed by atoms with Crippen molar-refractivity contribution in [3.8, 4) is 17.2 Å². The van der Waals surface area contributed by atoms with Gasteiger partial charge in [0.15, 0.2) is 0 Å². The van der Waals surface area contributed by atoms with Gasteiger partial charge in [0.1, 0.15) is 88.8 Å². The molecule has 2 amide bonds. The molecule has 0 radical (unpaired) electrons. The fourth-order valence-electron chi connectivity index (χ4n) is 23.0. The molecule has 15 fully saturated rings.